The van der Waals surface area contributed by atoms with Crippen molar-refractivity contribution >= 4 is 76.6 Å². The molecule has 0 aromatic heterocycles. The van der Waals surface area contributed by atoms with Crippen molar-refractivity contribution in [3.8, 4) is 0 Å². The van der Waals surface area contributed by atoms with E-state index < -0.39 is 161 Å². The lowest BCUT2D eigenvalue weighted by Gasteiger charge is -2.46. The number of carbonyl (C=O) groups excluding carboxylic acids is 11. The van der Waals surface area contributed by atoms with Crippen LogP contribution in [0.15, 0.2) is 18.2 Å². The molecule has 11 amide bonds. The van der Waals surface area contributed by atoms with E-state index in [9.17, 15) is 65.9 Å². The van der Waals surface area contributed by atoms with Gasteiger partial charge in [-0.15, -0.1) is 0 Å². The molecule has 1 unspecified atom stereocenters. The predicted molar refractivity (Wildman–Crippen MR) is 328 cm³/mol. The number of amides is 11. The van der Waals surface area contributed by atoms with Crippen molar-refractivity contribution in [3.63, 3.8) is 0 Å². The van der Waals surface area contributed by atoms with Crippen molar-refractivity contribution in [1.82, 2.24) is 55.6 Å². The smallest absolute Gasteiger partial charge is 0.351 e. The number of halogens is 4. The summed E-state index contributed by atoms with van der Waals surface area (Å²) in [6.45, 7) is 10.9. The summed E-state index contributed by atoms with van der Waals surface area (Å²) in [7, 11) is 8.52. The minimum absolute atomic E-state index is 0.0344. The Morgan fingerprint density at radius 1 is 0.663 bits per heavy atom. The highest BCUT2D eigenvalue weighted by Crippen LogP contribution is 2.37. The van der Waals surface area contributed by atoms with Crippen LogP contribution in [0.5, 0.6) is 0 Å². The molecule has 4 aliphatic rings. The molecule has 1 aromatic rings. The van der Waals surface area contributed by atoms with E-state index in [2.05, 4.69) is 21.3 Å². The maximum Gasteiger partial charge on any atom is 0.417 e. The van der Waals surface area contributed by atoms with Crippen LogP contribution in [0.3, 0.4) is 0 Å². The zero-order chi connectivity index (χ0) is 66.6. The Kier molecular flexibility index (Phi) is 26.3. The number of benzene rings is 1. The molecule has 2 aliphatic heterocycles. The van der Waals surface area contributed by atoms with Crippen LogP contribution in [0, 0.1) is 23.7 Å². The molecule has 2 saturated carbocycles. The van der Waals surface area contributed by atoms with Crippen LogP contribution in [-0.2, 0) is 65.3 Å². The van der Waals surface area contributed by atoms with Gasteiger partial charge in [0.2, 0.25) is 65.0 Å². The van der Waals surface area contributed by atoms with Gasteiger partial charge in [-0.3, -0.25) is 52.7 Å². The Morgan fingerprint density at radius 3 is 1.85 bits per heavy atom. The van der Waals surface area contributed by atoms with Crippen molar-refractivity contribution in [2.24, 2.45) is 23.7 Å². The topological polar surface area (TPSA) is 259 Å². The van der Waals surface area contributed by atoms with Crippen molar-refractivity contribution in [2.75, 3.05) is 68.5 Å². The summed E-state index contributed by atoms with van der Waals surface area (Å²) < 4.78 is 41.2. The number of carbonyl (C=O) groups is 11. The minimum Gasteiger partial charge on any atom is -0.351 e. The molecule has 0 bridgehead atoms. The van der Waals surface area contributed by atoms with Gasteiger partial charge in [0.25, 0.3) is 0 Å². The first kappa shape index (κ1) is 73.2. The van der Waals surface area contributed by atoms with Crippen molar-refractivity contribution in [3.05, 3.63) is 34.3 Å². The first-order valence-corrected chi connectivity index (χ1v) is 31.9. The van der Waals surface area contributed by atoms with Crippen molar-refractivity contribution < 1.29 is 65.9 Å². The van der Waals surface area contributed by atoms with Gasteiger partial charge >= 0.3 is 6.18 Å². The SMILES string of the molecule is CC[C@H](C)[C@@H]1NC(=O)[C@H](CC(C)C)N(C)C(=O)C[C@@H](C)NC(=O)[C@H](C(C)C)N(C)C(=O)C2(CCC2)NC(=O)C2CCCN2C(=O)[C@H](CCc2ccc(C(F)(F)F)c(Cl)c2)NC(=O)CN(C)C(=O)[C@H](CC2CCCCC2)N(C)C(=O)CN(C)C(=O)CN(C)C1=O. The molecule has 2 aliphatic carbocycles. The van der Waals surface area contributed by atoms with Crippen LogP contribution >= 0.6 is 11.6 Å². The number of aryl methyl sites for hydroxylation is 1. The molecular weight excluding hydrogens is 1180 g/mol. The highest BCUT2D eigenvalue weighted by molar-refractivity contribution is 6.31. The summed E-state index contributed by atoms with van der Waals surface area (Å²) in [6, 6.07) is -4.58. The molecule has 89 heavy (non-hydrogen) atoms. The highest BCUT2D eigenvalue weighted by atomic mass is 35.5. The van der Waals surface area contributed by atoms with Gasteiger partial charge in [0, 0.05) is 61.3 Å². The summed E-state index contributed by atoms with van der Waals surface area (Å²) in [5.74, 6) is -7.83. The second-order valence-corrected chi connectivity index (χ2v) is 26.6. The monoisotopic (exact) mass is 1280 g/mol. The number of hydrogen-bond donors (Lipinski definition) is 4. The number of rotatable bonds is 10. The first-order valence-electron chi connectivity index (χ1n) is 31.5. The van der Waals surface area contributed by atoms with Gasteiger partial charge < -0.3 is 55.6 Å². The average Bonchev–Trinajstić information content (AvgIpc) is 2.54. The zero-order valence-electron chi connectivity index (χ0n) is 54.4. The molecule has 2 heterocycles. The fourth-order valence-corrected chi connectivity index (χ4v) is 12.9. The van der Waals surface area contributed by atoms with Crippen LogP contribution in [0.1, 0.15) is 156 Å². The maximum atomic E-state index is 14.9. The second-order valence-electron chi connectivity index (χ2n) is 26.2. The fourth-order valence-electron chi connectivity index (χ4n) is 12.6. The number of alkyl halides is 3. The molecular formula is C63H97ClF3N11O11. The Morgan fingerprint density at radius 2 is 1.28 bits per heavy atom. The van der Waals surface area contributed by atoms with Gasteiger partial charge in [0.1, 0.15) is 41.8 Å². The highest BCUT2D eigenvalue weighted by Gasteiger charge is 2.51. The normalized spacial score (nSPS) is 26.3. The Bertz CT molecular complexity index is 2740. The van der Waals surface area contributed by atoms with Gasteiger partial charge in [-0.05, 0) is 106 Å². The number of hydrogen-bond acceptors (Lipinski definition) is 11. The van der Waals surface area contributed by atoms with Gasteiger partial charge in [-0.25, -0.2) is 0 Å². The van der Waals surface area contributed by atoms with Crippen LogP contribution in [0.25, 0.3) is 0 Å². The Balaban J connectivity index is 1.53. The average molecular weight is 1280 g/mol. The lowest BCUT2D eigenvalue weighted by atomic mass is 9.75. The first-order chi connectivity index (χ1) is 41.6. The van der Waals surface area contributed by atoms with Gasteiger partial charge in [-0.1, -0.05) is 97.7 Å². The Hall–Kier alpha value is -6.53. The van der Waals surface area contributed by atoms with E-state index >= 15 is 0 Å². The summed E-state index contributed by atoms with van der Waals surface area (Å²) in [5.41, 5.74) is -2.22. The van der Waals surface area contributed by atoms with E-state index in [4.69, 9.17) is 11.6 Å². The zero-order valence-corrected chi connectivity index (χ0v) is 55.1. The predicted octanol–water partition coefficient (Wildman–Crippen LogP) is 4.77. The summed E-state index contributed by atoms with van der Waals surface area (Å²) in [4.78, 5) is 167. The molecule has 1 spiro atoms. The van der Waals surface area contributed by atoms with Crippen molar-refractivity contribution in [2.45, 2.75) is 205 Å². The number of likely N-dealkylation sites (N-methyl/N-ethyl adjacent to an activating group) is 6. The third kappa shape index (κ3) is 19.0. The molecule has 4 N–H and O–H groups in total. The Labute approximate surface area is 527 Å². The lowest BCUT2D eigenvalue weighted by molar-refractivity contribution is -0.152. The number of nitrogens with zero attached hydrogens (tertiary/aromatic N) is 7. The van der Waals surface area contributed by atoms with Crippen LogP contribution in [-0.4, -0.2) is 216 Å². The van der Waals surface area contributed by atoms with E-state index in [0.717, 1.165) is 58.9 Å². The van der Waals surface area contributed by atoms with E-state index in [1.807, 2.05) is 20.8 Å². The standard InChI is InChI=1S/C63H97ClF3N11O11/c1-14-39(6)53-60(88)74(10)35-51(81)72(8)36-52(82)76(12)48(33-41-20-16-15-17-21-41)59(87)73(9)34-49(79)69-45(26-24-42-23-25-43(44(64)32-42)63(65,66)67)58(86)78-29-18-22-46(78)56(84)71-62(27-19-28-62)61(89)77(13)54(38(4)5)57(85)68-40(7)31-50(80)75(11)47(30-37(2)3)55(83)70-53/h23,25,32,37-41,45-48,53-54H,14-22,24,26-31,33-36H2,1-13H3,(H,68,85)(H,69,79)(H,70,83)(H,71,84)/t39-,40+,45-,46?,47-,48-,53-,54-/m0/s1. The third-order valence-corrected chi connectivity index (χ3v) is 18.7. The maximum absolute atomic E-state index is 14.9. The summed E-state index contributed by atoms with van der Waals surface area (Å²) >= 11 is 6.10. The van der Waals surface area contributed by atoms with E-state index in [1.54, 1.807) is 27.7 Å². The van der Waals surface area contributed by atoms with Gasteiger partial charge in [-0.2, -0.15) is 13.2 Å². The molecule has 5 rings (SSSR count). The van der Waals surface area contributed by atoms with Crippen LogP contribution < -0.4 is 21.3 Å². The van der Waals surface area contributed by atoms with E-state index in [-0.39, 0.29) is 69.7 Å². The molecule has 22 nitrogen and oxygen atoms in total. The van der Waals surface area contributed by atoms with E-state index in [0.29, 0.717) is 24.8 Å². The lowest BCUT2D eigenvalue weighted by Crippen LogP contribution is -2.68. The molecule has 26 heteroatoms. The molecule has 4 fully saturated rings. The van der Waals surface area contributed by atoms with Gasteiger partial charge in [0.15, 0.2) is 0 Å². The number of fused-ring (bicyclic) bond motifs is 1. The summed E-state index contributed by atoms with van der Waals surface area (Å²) in [5, 5.41) is 10.9. The van der Waals surface area contributed by atoms with Crippen LogP contribution in [0.4, 0.5) is 13.2 Å². The molecule has 0 radical (unpaired) electrons. The molecule has 498 valence electrons. The molecule has 8 atom stereocenters. The molecule has 2 saturated heterocycles. The molecule has 1 aromatic carbocycles. The minimum atomic E-state index is -4.74. The van der Waals surface area contributed by atoms with Crippen molar-refractivity contribution in [1.29, 1.82) is 0 Å². The quantitative estimate of drug-likeness (QED) is 0.248. The number of nitrogens with one attached hydrogen (secondary N) is 4. The largest absolute Gasteiger partial charge is 0.417 e. The van der Waals surface area contributed by atoms with Gasteiger partial charge in [0.05, 0.1) is 30.2 Å². The fraction of sp³-hybridized carbons (Fsp3) is 0.730. The van der Waals surface area contributed by atoms with Crippen LogP contribution in [0.2, 0.25) is 5.02 Å². The van der Waals surface area contributed by atoms with E-state index in [1.165, 1.54) is 68.0 Å². The summed E-state index contributed by atoms with van der Waals surface area (Å²) in [6.07, 6.45) is 1.51. The third-order valence-electron chi connectivity index (χ3n) is 18.4. The second kappa shape index (κ2) is 32.0.